The molecule has 2 nitrogen and oxygen atoms in total. The summed E-state index contributed by atoms with van der Waals surface area (Å²) in [6, 6.07) is 7.40. The highest BCUT2D eigenvalue weighted by molar-refractivity contribution is 5.78. The maximum absolute atomic E-state index is 10.9. The van der Waals surface area contributed by atoms with Crippen molar-refractivity contribution in [3.05, 3.63) is 29.8 Å². The number of benzene rings is 1. The lowest BCUT2D eigenvalue weighted by Gasteiger charge is -2.03. The van der Waals surface area contributed by atoms with Crippen molar-refractivity contribution < 1.29 is 9.53 Å². The van der Waals surface area contributed by atoms with Crippen LogP contribution in [-0.4, -0.2) is 12.4 Å². The molecule has 14 heavy (non-hydrogen) atoms. The number of ether oxygens (including phenoxy) is 1. The van der Waals surface area contributed by atoms with E-state index in [0.29, 0.717) is 12.2 Å². The summed E-state index contributed by atoms with van der Waals surface area (Å²) in [5.74, 6) is 3.24. The van der Waals surface area contributed by atoms with E-state index in [2.05, 4.69) is 5.92 Å². The van der Waals surface area contributed by atoms with Crippen LogP contribution in [0.3, 0.4) is 0 Å². The van der Waals surface area contributed by atoms with Crippen molar-refractivity contribution in [1.82, 2.24) is 0 Å². The summed E-state index contributed by atoms with van der Waals surface area (Å²) < 4.78 is 5.23. The van der Waals surface area contributed by atoms with Crippen LogP contribution in [0.4, 0.5) is 0 Å². The average Bonchev–Trinajstić information content (AvgIpc) is 2.14. The second kappa shape index (κ2) is 5.08. The summed E-state index contributed by atoms with van der Waals surface area (Å²) in [6.07, 6.45) is 5.50. The second-order valence-electron chi connectivity index (χ2n) is 3.02. The Hall–Kier alpha value is -1.75. The zero-order valence-corrected chi connectivity index (χ0v) is 8.12. The highest BCUT2D eigenvalue weighted by Crippen LogP contribution is 2.13. The van der Waals surface area contributed by atoms with Gasteiger partial charge in [0, 0.05) is 6.42 Å². The lowest BCUT2D eigenvalue weighted by Crippen LogP contribution is -1.98. The molecule has 1 aromatic carbocycles. The van der Waals surface area contributed by atoms with Crippen LogP contribution >= 0.6 is 0 Å². The Morgan fingerprint density at radius 2 is 2.36 bits per heavy atom. The second-order valence-corrected chi connectivity index (χ2v) is 3.02. The third-order valence-electron chi connectivity index (χ3n) is 1.67. The topological polar surface area (TPSA) is 26.3 Å². The number of carbonyl (C=O) groups excluding carboxylic acids is 1. The van der Waals surface area contributed by atoms with Crippen molar-refractivity contribution in [2.75, 3.05) is 6.61 Å². The first-order valence-electron chi connectivity index (χ1n) is 4.37. The molecule has 0 unspecified atom stereocenters. The van der Waals surface area contributed by atoms with Gasteiger partial charge in [-0.2, -0.15) is 0 Å². The minimum atomic E-state index is 0.138. The molecular weight excluding hydrogens is 176 g/mol. The van der Waals surface area contributed by atoms with Crippen LogP contribution in [0.1, 0.15) is 12.5 Å². The van der Waals surface area contributed by atoms with Crippen LogP contribution in [0.2, 0.25) is 0 Å². The Bertz CT molecular complexity index is 361. The van der Waals surface area contributed by atoms with Gasteiger partial charge in [-0.1, -0.05) is 18.1 Å². The summed E-state index contributed by atoms with van der Waals surface area (Å²) in [7, 11) is 0. The summed E-state index contributed by atoms with van der Waals surface area (Å²) in [5.41, 5.74) is 0.951. The van der Waals surface area contributed by atoms with Crippen LogP contribution in [0, 0.1) is 12.3 Å². The van der Waals surface area contributed by atoms with Crippen molar-refractivity contribution in [1.29, 1.82) is 0 Å². The van der Waals surface area contributed by atoms with Gasteiger partial charge in [0.1, 0.15) is 18.1 Å². The first-order chi connectivity index (χ1) is 6.72. The molecule has 0 bridgehead atoms. The zero-order chi connectivity index (χ0) is 10.4. The first kappa shape index (κ1) is 10.3. The fourth-order valence-corrected chi connectivity index (χ4v) is 1.16. The Kier molecular flexibility index (Phi) is 3.75. The molecule has 0 radical (unpaired) electrons. The van der Waals surface area contributed by atoms with Gasteiger partial charge in [-0.15, -0.1) is 6.42 Å². The predicted octanol–water partition coefficient (Wildman–Crippen LogP) is 1.83. The number of ketones is 1. The maximum atomic E-state index is 10.9. The highest BCUT2D eigenvalue weighted by atomic mass is 16.5. The molecule has 0 heterocycles. The Morgan fingerprint density at radius 3 is 3.00 bits per heavy atom. The van der Waals surface area contributed by atoms with Gasteiger partial charge in [-0.3, -0.25) is 4.79 Å². The minimum absolute atomic E-state index is 0.138. The zero-order valence-electron chi connectivity index (χ0n) is 8.12. The van der Waals surface area contributed by atoms with E-state index in [1.807, 2.05) is 24.3 Å². The van der Waals surface area contributed by atoms with Gasteiger partial charge < -0.3 is 4.74 Å². The molecule has 1 rings (SSSR count). The molecule has 0 atom stereocenters. The molecule has 0 saturated heterocycles. The van der Waals surface area contributed by atoms with Gasteiger partial charge in [0.05, 0.1) is 0 Å². The Balaban J connectivity index is 2.69. The van der Waals surface area contributed by atoms with Crippen molar-refractivity contribution >= 4 is 5.78 Å². The molecule has 0 aliphatic heterocycles. The number of hydrogen-bond donors (Lipinski definition) is 0. The van der Waals surface area contributed by atoms with Crippen LogP contribution in [0.5, 0.6) is 5.75 Å². The molecule has 0 fully saturated rings. The molecule has 0 amide bonds. The van der Waals surface area contributed by atoms with Gasteiger partial charge in [0.15, 0.2) is 0 Å². The van der Waals surface area contributed by atoms with Gasteiger partial charge >= 0.3 is 0 Å². The minimum Gasteiger partial charge on any atom is -0.481 e. The van der Waals surface area contributed by atoms with E-state index < -0.39 is 0 Å². The molecule has 2 heteroatoms. The molecular formula is C12H12O2. The van der Waals surface area contributed by atoms with E-state index in [9.17, 15) is 4.79 Å². The maximum Gasteiger partial charge on any atom is 0.148 e. The van der Waals surface area contributed by atoms with Gasteiger partial charge in [0.2, 0.25) is 0 Å². The van der Waals surface area contributed by atoms with Crippen LogP contribution in [0.15, 0.2) is 24.3 Å². The smallest absolute Gasteiger partial charge is 0.148 e. The lowest BCUT2D eigenvalue weighted by molar-refractivity contribution is -0.116. The first-order valence-corrected chi connectivity index (χ1v) is 4.37. The summed E-state index contributed by atoms with van der Waals surface area (Å²) in [6.45, 7) is 1.82. The van der Waals surface area contributed by atoms with Crippen molar-refractivity contribution in [2.45, 2.75) is 13.3 Å². The molecule has 1 aromatic rings. The fourth-order valence-electron chi connectivity index (χ4n) is 1.16. The predicted molar refractivity (Wildman–Crippen MR) is 55.2 cm³/mol. The number of terminal acetylenes is 1. The largest absolute Gasteiger partial charge is 0.481 e. The standard InChI is InChI=1S/C12H12O2/c1-3-7-14-12-6-4-5-11(9-12)8-10(2)13/h1,4-6,9H,7-8H2,2H3. The van der Waals surface area contributed by atoms with E-state index in [1.165, 1.54) is 0 Å². The summed E-state index contributed by atoms with van der Waals surface area (Å²) in [4.78, 5) is 10.9. The Morgan fingerprint density at radius 1 is 1.57 bits per heavy atom. The molecule has 0 N–H and O–H groups in total. The Labute approximate surface area is 83.9 Å². The summed E-state index contributed by atoms with van der Waals surface area (Å²) >= 11 is 0. The average molecular weight is 188 g/mol. The number of rotatable bonds is 4. The normalized spacial score (nSPS) is 9.14. The van der Waals surface area contributed by atoms with E-state index in [-0.39, 0.29) is 12.4 Å². The van der Waals surface area contributed by atoms with Crippen LogP contribution in [-0.2, 0) is 11.2 Å². The molecule has 0 spiro atoms. The van der Waals surface area contributed by atoms with Gasteiger partial charge in [0.25, 0.3) is 0 Å². The lowest BCUT2D eigenvalue weighted by atomic mass is 10.1. The van der Waals surface area contributed by atoms with Crippen molar-refractivity contribution in [3.8, 4) is 18.1 Å². The SMILES string of the molecule is C#CCOc1cccc(CC(C)=O)c1. The van der Waals surface area contributed by atoms with E-state index in [4.69, 9.17) is 11.2 Å². The fraction of sp³-hybridized carbons (Fsp3) is 0.250. The van der Waals surface area contributed by atoms with Crippen LogP contribution < -0.4 is 4.74 Å². The number of carbonyl (C=O) groups is 1. The quantitative estimate of drug-likeness (QED) is 0.674. The van der Waals surface area contributed by atoms with Gasteiger partial charge in [-0.05, 0) is 24.6 Å². The molecule has 0 aliphatic carbocycles. The van der Waals surface area contributed by atoms with E-state index in [1.54, 1.807) is 6.92 Å². The van der Waals surface area contributed by atoms with Crippen molar-refractivity contribution in [2.24, 2.45) is 0 Å². The molecule has 0 aromatic heterocycles. The molecule has 0 aliphatic rings. The summed E-state index contributed by atoms with van der Waals surface area (Å²) in [5, 5.41) is 0. The van der Waals surface area contributed by atoms with Gasteiger partial charge in [-0.25, -0.2) is 0 Å². The number of Topliss-reactive ketones (excluding diaryl/α,β-unsaturated/α-hetero) is 1. The molecule has 0 saturated carbocycles. The highest BCUT2D eigenvalue weighted by Gasteiger charge is 1.99. The monoisotopic (exact) mass is 188 g/mol. The third-order valence-corrected chi connectivity index (χ3v) is 1.67. The molecule has 72 valence electrons. The van der Waals surface area contributed by atoms with E-state index in [0.717, 1.165) is 5.56 Å². The van der Waals surface area contributed by atoms with E-state index >= 15 is 0 Å². The van der Waals surface area contributed by atoms with Crippen molar-refractivity contribution in [3.63, 3.8) is 0 Å². The number of hydrogen-bond acceptors (Lipinski definition) is 2. The third kappa shape index (κ3) is 3.32. The van der Waals surface area contributed by atoms with Crippen LogP contribution in [0.25, 0.3) is 0 Å².